The summed E-state index contributed by atoms with van der Waals surface area (Å²) >= 11 is 5.91. The van der Waals surface area contributed by atoms with E-state index in [2.05, 4.69) is 19.8 Å². The highest BCUT2D eigenvalue weighted by Crippen LogP contribution is 2.54. The number of amides is 2. The Labute approximate surface area is 234 Å². The highest BCUT2D eigenvalue weighted by Gasteiger charge is 2.75. The molecule has 0 saturated carbocycles. The molecule has 0 fully saturated rings. The van der Waals surface area contributed by atoms with Gasteiger partial charge in [-0.25, -0.2) is 9.17 Å². The molecular formula is C25H20ClF6N3O5S. The predicted molar refractivity (Wildman–Crippen MR) is 137 cm³/mol. The van der Waals surface area contributed by atoms with Crippen LogP contribution in [0.1, 0.15) is 37.4 Å². The zero-order chi connectivity index (χ0) is 31.0. The number of carbonyl (C=O) groups is 2. The minimum atomic E-state index is -6.23. The molecule has 3 aromatic rings. The van der Waals surface area contributed by atoms with Crippen molar-refractivity contribution in [2.24, 2.45) is 0 Å². The smallest absolute Gasteiger partial charge is 0.322 e. The lowest BCUT2D eigenvalue weighted by molar-refractivity contribution is -0.364. The van der Waals surface area contributed by atoms with Gasteiger partial charge in [0.15, 0.2) is 0 Å². The van der Waals surface area contributed by atoms with Gasteiger partial charge < -0.3 is 10.6 Å². The monoisotopic (exact) mass is 623 g/mol. The molecule has 2 aromatic carbocycles. The van der Waals surface area contributed by atoms with Crippen LogP contribution >= 0.6 is 11.6 Å². The summed E-state index contributed by atoms with van der Waals surface area (Å²) in [5.74, 6) is -1.44. The van der Waals surface area contributed by atoms with Crippen LogP contribution in [0, 0.1) is 13.8 Å². The van der Waals surface area contributed by atoms with Crippen molar-refractivity contribution in [2.75, 3.05) is 16.9 Å². The fourth-order valence-corrected chi connectivity index (χ4v) is 4.84. The Bertz CT molecular complexity index is 1570. The fourth-order valence-electron chi connectivity index (χ4n) is 3.90. The molecule has 0 aliphatic carbocycles. The maximum absolute atomic E-state index is 13.9. The number of nitrogens with zero attached hydrogens (tertiary/aromatic N) is 1. The van der Waals surface area contributed by atoms with E-state index in [-0.39, 0.29) is 45.0 Å². The molecule has 3 rings (SSSR count). The van der Waals surface area contributed by atoms with E-state index in [1.54, 1.807) is 0 Å². The molecule has 0 bridgehead atoms. The van der Waals surface area contributed by atoms with E-state index in [0.29, 0.717) is 12.1 Å². The van der Waals surface area contributed by atoms with Crippen molar-refractivity contribution < 1.29 is 48.5 Å². The van der Waals surface area contributed by atoms with Crippen LogP contribution in [0.3, 0.4) is 0 Å². The minimum absolute atomic E-state index is 0.0247. The van der Waals surface area contributed by atoms with Crippen molar-refractivity contribution in [3.63, 3.8) is 0 Å². The lowest BCUT2D eigenvalue weighted by Crippen LogP contribution is -2.56. The SMILES string of the molecule is Cc1cc(C(OS(C)(=O)=O)(C(F)(F)F)C(F)(F)F)cc(C)c1NC(=O)c1cccc(NC(=O)c2cccnc2Cl)c1. The quantitative estimate of drug-likeness (QED) is 0.185. The second-order valence-electron chi connectivity index (χ2n) is 8.78. The maximum Gasteiger partial charge on any atom is 0.432 e. The molecule has 0 atom stereocenters. The van der Waals surface area contributed by atoms with E-state index in [1.807, 2.05) is 0 Å². The number of aromatic nitrogens is 1. The standard InChI is InChI=1S/C25H20ClF6N3O5S/c1-13-10-16(23(24(27,28)29,25(30,31)32)40-41(3,38)39)11-14(2)19(13)35-21(36)15-6-4-7-17(12-15)34-22(37)18-8-5-9-33-20(18)26/h4-12H,1-3H3,(H,34,37)(H,35,36). The number of pyridine rings is 1. The topological polar surface area (TPSA) is 114 Å². The van der Waals surface area contributed by atoms with E-state index in [1.165, 1.54) is 42.6 Å². The maximum atomic E-state index is 13.9. The summed E-state index contributed by atoms with van der Waals surface area (Å²) in [6.45, 7) is 2.25. The van der Waals surface area contributed by atoms with Crippen LogP contribution in [0.5, 0.6) is 0 Å². The second-order valence-corrected chi connectivity index (χ2v) is 10.7. The Kier molecular flexibility index (Phi) is 8.77. The zero-order valence-corrected chi connectivity index (χ0v) is 22.8. The number of halogens is 7. The van der Waals surface area contributed by atoms with E-state index >= 15 is 0 Å². The summed E-state index contributed by atoms with van der Waals surface area (Å²) in [5, 5.41) is 4.89. The molecule has 220 valence electrons. The second kappa shape index (κ2) is 11.3. The zero-order valence-electron chi connectivity index (χ0n) is 21.2. The molecule has 0 radical (unpaired) electrons. The van der Waals surface area contributed by atoms with Gasteiger partial charge in [-0.1, -0.05) is 29.8 Å². The number of hydrogen-bond donors (Lipinski definition) is 2. The third-order valence-corrected chi connectivity index (χ3v) is 6.49. The van der Waals surface area contributed by atoms with Crippen molar-refractivity contribution in [3.05, 3.63) is 87.7 Å². The summed E-state index contributed by atoms with van der Waals surface area (Å²) in [4.78, 5) is 29.2. The first kappa shape index (κ1) is 31.8. The fraction of sp³-hybridized carbons (Fsp3) is 0.240. The molecule has 2 N–H and O–H groups in total. The van der Waals surface area contributed by atoms with Gasteiger partial charge in [0.25, 0.3) is 21.9 Å². The molecule has 0 saturated heterocycles. The number of carbonyl (C=O) groups excluding carboxylic acids is 2. The molecule has 1 aromatic heterocycles. The number of aryl methyl sites for hydroxylation is 2. The van der Waals surface area contributed by atoms with Crippen molar-refractivity contribution in [1.82, 2.24) is 4.98 Å². The third-order valence-electron chi connectivity index (χ3n) is 5.64. The minimum Gasteiger partial charge on any atom is -0.322 e. The summed E-state index contributed by atoms with van der Waals surface area (Å²) in [6, 6.07) is 9.27. The van der Waals surface area contributed by atoms with Crippen molar-refractivity contribution in [3.8, 4) is 0 Å². The Morgan fingerprint density at radius 3 is 1.98 bits per heavy atom. The molecule has 0 aliphatic rings. The van der Waals surface area contributed by atoms with E-state index < -0.39 is 45.4 Å². The van der Waals surface area contributed by atoms with Crippen LogP contribution < -0.4 is 10.6 Å². The van der Waals surface area contributed by atoms with Gasteiger partial charge in [0.1, 0.15) is 5.15 Å². The summed E-state index contributed by atoms with van der Waals surface area (Å²) in [5.41, 5.74) is -7.17. The number of hydrogen-bond acceptors (Lipinski definition) is 6. The van der Waals surface area contributed by atoms with E-state index in [4.69, 9.17) is 11.6 Å². The first-order valence-corrected chi connectivity index (χ1v) is 13.5. The Hall–Kier alpha value is -3.69. The molecule has 2 amide bonds. The van der Waals surface area contributed by atoms with Crippen molar-refractivity contribution in [2.45, 2.75) is 31.8 Å². The Morgan fingerprint density at radius 2 is 1.46 bits per heavy atom. The van der Waals surface area contributed by atoms with Crippen molar-refractivity contribution in [1.29, 1.82) is 0 Å². The van der Waals surface area contributed by atoms with Crippen molar-refractivity contribution >= 4 is 44.9 Å². The molecule has 1 heterocycles. The van der Waals surface area contributed by atoms with Crippen LogP contribution in [0.2, 0.25) is 5.15 Å². The highest BCUT2D eigenvalue weighted by molar-refractivity contribution is 7.86. The van der Waals surface area contributed by atoms with Crippen LogP contribution in [-0.4, -0.2) is 43.8 Å². The first-order valence-electron chi connectivity index (χ1n) is 11.3. The van der Waals surface area contributed by atoms with Gasteiger partial charge in [0.05, 0.1) is 11.8 Å². The van der Waals surface area contributed by atoms with Gasteiger partial charge >= 0.3 is 18.0 Å². The summed E-state index contributed by atoms with van der Waals surface area (Å²) < 4.78 is 110. The van der Waals surface area contributed by atoms with Crippen LogP contribution in [0.4, 0.5) is 37.7 Å². The molecular weight excluding hydrogens is 604 g/mol. The predicted octanol–water partition coefficient (Wildman–Crippen LogP) is 6.15. The average molecular weight is 624 g/mol. The van der Waals surface area contributed by atoms with Gasteiger partial charge in [0, 0.05) is 28.7 Å². The number of anilines is 2. The van der Waals surface area contributed by atoms with Gasteiger partial charge in [-0.3, -0.25) is 9.59 Å². The summed E-state index contributed by atoms with van der Waals surface area (Å²) in [7, 11) is -5.27. The molecule has 0 unspecified atom stereocenters. The number of alkyl halides is 6. The summed E-state index contributed by atoms with van der Waals surface area (Å²) in [6.07, 6.45) is -11.0. The lowest BCUT2D eigenvalue weighted by atomic mass is 9.89. The van der Waals surface area contributed by atoms with Gasteiger partial charge in [-0.05, 0) is 55.3 Å². The van der Waals surface area contributed by atoms with Crippen LogP contribution in [0.15, 0.2) is 54.7 Å². The molecule has 41 heavy (non-hydrogen) atoms. The third kappa shape index (κ3) is 6.80. The number of nitrogens with one attached hydrogen (secondary N) is 2. The van der Waals surface area contributed by atoms with Gasteiger partial charge in [0.2, 0.25) is 0 Å². The molecule has 0 aliphatic heterocycles. The molecule has 0 spiro atoms. The number of rotatable bonds is 7. The molecule has 16 heteroatoms. The van der Waals surface area contributed by atoms with Gasteiger partial charge in [-0.15, -0.1) is 0 Å². The highest BCUT2D eigenvalue weighted by atomic mass is 35.5. The van der Waals surface area contributed by atoms with Crippen LogP contribution in [0.25, 0.3) is 0 Å². The average Bonchev–Trinajstić information content (AvgIpc) is 2.82. The van der Waals surface area contributed by atoms with E-state index in [9.17, 15) is 44.3 Å². The molecule has 8 nitrogen and oxygen atoms in total. The van der Waals surface area contributed by atoms with Gasteiger partial charge in [-0.2, -0.15) is 34.8 Å². The number of benzene rings is 2. The Morgan fingerprint density at radius 1 is 0.878 bits per heavy atom. The van der Waals surface area contributed by atoms with E-state index in [0.717, 1.165) is 13.8 Å². The first-order chi connectivity index (χ1) is 18.8. The van der Waals surface area contributed by atoms with Crippen LogP contribution in [-0.2, 0) is 19.9 Å². The lowest BCUT2D eigenvalue weighted by Gasteiger charge is -2.36. The normalized spacial score (nSPS) is 12.6. The Balaban J connectivity index is 1.96. The largest absolute Gasteiger partial charge is 0.432 e.